The molecule has 4 rings (SSSR count). The number of esters is 2. The molecule has 0 aromatic carbocycles. The summed E-state index contributed by atoms with van der Waals surface area (Å²) in [6.07, 6.45) is 5.35. The van der Waals surface area contributed by atoms with Crippen molar-refractivity contribution in [3.8, 4) is 0 Å². The lowest BCUT2D eigenvalue weighted by Crippen LogP contribution is -2.38. The Bertz CT molecular complexity index is 1030. The number of nitrogens with zero attached hydrogens (tertiary/aromatic N) is 1. The maximum absolute atomic E-state index is 12.7. The molecule has 0 unspecified atom stereocenters. The highest BCUT2D eigenvalue weighted by Crippen LogP contribution is 2.52. The molecule has 2 fully saturated rings. The minimum atomic E-state index is -0.839. The van der Waals surface area contributed by atoms with E-state index >= 15 is 0 Å². The number of anilines is 1. The Balaban J connectivity index is 1.34. The molecule has 33 heavy (non-hydrogen) atoms. The molecule has 1 saturated heterocycles. The predicted octanol–water partition coefficient (Wildman–Crippen LogP) is 2.08. The summed E-state index contributed by atoms with van der Waals surface area (Å²) in [5.74, 6) is -3.35. The first kappa shape index (κ1) is 23.2. The lowest BCUT2D eigenvalue weighted by Gasteiger charge is -2.16. The van der Waals surface area contributed by atoms with Crippen LogP contribution in [0.4, 0.5) is 5.00 Å². The van der Waals surface area contributed by atoms with E-state index in [2.05, 4.69) is 5.32 Å². The number of hydrogen-bond acceptors (Lipinski definition) is 8. The molecule has 2 bridgehead atoms. The summed E-state index contributed by atoms with van der Waals surface area (Å²) in [7, 11) is 0. The van der Waals surface area contributed by atoms with Crippen LogP contribution in [0.3, 0.4) is 0 Å². The summed E-state index contributed by atoms with van der Waals surface area (Å²) in [5, 5.41) is 2.95. The van der Waals surface area contributed by atoms with E-state index in [9.17, 15) is 24.0 Å². The van der Waals surface area contributed by atoms with Gasteiger partial charge in [-0.3, -0.25) is 24.1 Å². The Morgan fingerprint density at radius 1 is 1.09 bits per heavy atom. The molecule has 176 valence electrons. The number of carbonyl (C=O) groups is 5. The second-order valence-electron chi connectivity index (χ2n) is 8.39. The fraction of sp³-hybridized carbons (Fsp3) is 0.522. The molecule has 1 aliphatic heterocycles. The number of thiophene rings is 1. The van der Waals surface area contributed by atoms with Crippen LogP contribution in [0.1, 0.15) is 41.1 Å². The zero-order valence-corrected chi connectivity index (χ0v) is 19.5. The second kappa shape index (κ2) is 9.09. The third-order valence-corrected chi connectivity index (χ3v) is 7.57. The molecule has 10 heteroatoms. The SMILES string of the molecule is CCOC(=O)c1c(NC(=O)COC(=O)CN2C(=O)[C@@H]3[C@@H](C2=O)[C@H]2C=C[C@@H]3C2)sc(C)c1CC. The molecule has 1 aromatic heterocycles. The summed E-state index contributed by atoms with van der Waals surface area (Å²) in [6.45, 7) is 4.55. The number of carbonyl (C=O) groups excluding carboxylic acids is 5. The second-order valence-corrected chi connectivity index (χ2v) is 9.61. The van der Waals surface area contributed by atoms with Gasteiger partial charge in [-0.15, -0.1) is 11.3 Å². The van der Waals surface area contributed by atoms with Gasteiger partial charge in [-0.1, -0.05) is 19.1 Å². The van der Waals surface area contributed by atoms with E-state index < -0.39 is 31.0 Å². The van der Waals surface area contributed by atoms with Gasteiger partial charge in [-0.05, 0) is 44.1 Å². The van der Waals surface area contributed by atoms with Gasteiger partial charge in [0.05, 0.1) is 24.0 Å². The number of fused-ring (bicyclic) bond motifs is 5. The first-order valence-corrected chi connectivity index (χ1v) is 11.9. The van der Waals surface area contributed by atoms with Gasteiger partial charge in [0.2, 0.25) is 11.8 Å². The molecule has 2 heterocycles. The van der Waals surface area contributed by atoms with Gasteiger partial charge in [0.1, 0.15) is 11.5 Å². The van der Waals surface area contributed by atoms with Gasteiger partial charge < -0.3 is 14.8 Å². The van der Waals surface area contributed by atoms with Crippen LogP contribution in [0.5, 0.6) is 0 Å². The normalized spacial score (nSPS) is 24.9. The van der Waals surface area contributed by atoms with E-state index in [1.807, 2.05) is 26.0 Å². The van der Waals surface area contributed by atoms with Crippen molar-refractivity contribution in [3.63, 3.8) is 0 Å². The number of allylic oxidation sites excluding steroid dienone is 2. The first-order chi connectivity index (χ1) is 15.8. The van der Waals surface area contributed by atoms with E-state index in [-0.39, 0.29) is 42.1 Å². The molecule has 3 amide bonds. The molecule has 0 radical (unpaired) electrons. The lowest BCUT2D eigenvalue weighted by molar-refractivity contribution is -0.154. The maximum Gasteiger partial charge on any atom is 0.341 e. The van der Waals surface area contributed by atoms with E-state index in [1.165, 1.54) is 11.3 Å². The Morgan fingerprint density at radius 3 is 2.30 bits per heavy atom. The van der Waals surface area contributed by atoms with Crippen LogP contribution in [0.15, 0.2) is 12.2 Å². The first-order valence-electron chi connectivity index (χ1n) is 11.0. The molecule has 1 N–H and O–H groups in total. The van der Waals surface area contributed by atoms with Gasteiger partial charge >= 0.3 is 11.9 Å². The number of aryl methyl sites for hydroxylation is 1. The molecule has 2 aliphatic carbocycles. The molecule has 1 saturated carbocycles. The summed E-state index contributed by atoms with van der Waals surface area (Å²) in [4.78, 5) is 64.2. The summed E-state index contributed by atoms with van der Waals surface area (Å²) in [5.41, 5.74) is 1.11. The third kappa shape index (κ3) is 4.07. The lowest BCUT2D eigenvalue weighted by atomic mass is 9.85. The van der Waals surface area contributed by atoms with Crippen molar-refractivity contribution in [1.29, 1.82) is 0 Å². The Hall–Kier alpha value is -3.01. The number of ether oxygens (including phenoxy) is 2. The zero-order valence-electron chi connectivity index (χ0n) is 18.7. The topological polar surface area (TPSA) is 119 Å². The smallest absolute Gasteiger partial charge is 0.341 e. The molecule has 0 spiro atoms. The Morgan fingerprint density at radius 2 is 1.73 bits per heavy atom. The number of nitrogens with one attached hydrogen (secondary N) is 1. The van der Waals surface area contributed by atoms with Crippen LogP contribution < -0.4 is 5.32 Å². The van der Waals surface area contributed by atoms with Crippen molar-refractivity contribution in [3.05, 3.63) is 28.2 Å². The number of hydrogen-bond donors (Lipinski definition) is 1. The largest absolute Gasteiger partial charge is 0.462 e. The molecule has 1 aromatic rings. The summed E-state index contributed by atoms with van der Waals surface area (Å²) in [6, 6.07) is 0. The average molecular weight is 475 g/mol. The van der Waals surface area contributed by atoms with Crippen LogP contribution in [-0.2, 0) is 35.1 Å². The van der Waals surface area contributed by atoms with Crippen LogP contribution >= 0.6 is 11.3 Å². The van der Waals surface area contributed by atoms with Gasteiger partial charge in [0.15, 0.2) is 6.61 Å². The highest BCUT2D eigenvalue weighted by Gasteiger charge is 2.59. The number of rotatable bonds is 8. The van der Waals surface area contributed by atoms with Crippen LogP contribution in [0.25, 0.3) is 0 Å². The highest BCUT2D eigenvalue weighted by molar-refractivity contribution is 7.16. The summed E-state index contributed by atoms with van der Waals surface area (Å²) >= 11 is 1.25. The third-order valence-electron chi connectivity index (χ3n) is 6.51. The Labute approximate surface area is 195 Å². The van der Waals surface area contributed by atoms with Crippen LogP contribution in [0.2, 0.25) is 0 Å². The van der Waals surface area contributed by atoms with Gasteiger partial charge in [-0.2, -0.15) is 0 Å². The fourth-order valence-corrected chi connectivity index (χ4v) is 6.26. The molecule has 4 atom stereocenters. The molecule has 3 aliphatic rings. The van der Waals surface area contributed by atoms with E-state index in [1.54, 1.807) is 6.92 Å². The van der Waals surface area contributed by atoms with E-state index in [4.69, 9.17) is 9.47 Å². The van der Waals surface area contributed by atoms with Crippen molar-refractivity contribution < 1.29 is 33.4 Å². The van der Waals surface area contributed by atoms with Gasteiger partial charge in [0, 0.05) is 4.88 Å². The minimum absolute atomic E-state index is 0.0547. The van der Waals surface area contributed by atoms with Crippen molar-refractivity contribution in [2.24, 2.45) is 23.7 Å². The van der Waals surface area contributed by atoms with Crippen LogP contribution in [-0.4, -0.2) is 54.3 Å². The number of imide groups is 1. The van der Waals surface area contributed by atoms with E-state index in [0.717, 1.165) is 21.8 Å². The monoisotopic (exact) mass is 474 g/mol. The standard InChI is InChI=1S/C23H26N2O7S/c1-4-14-11(3)33-20(19(14)23(30)31-5-2)24-15(26)10-32-16(27)9-25-21(28)17-12-6-7-13(8-12)18(17)22(25)29/h6-7,12-13,17-18H,4-5,8-10H2,1-3H3,(H,24,26)/t12-,13+,17-,18-/m0/s1. The predicted molar refractivity (Wildman–Crippen MR) is 118 cm³/mol. The van der Waals surface area contributed by atoms with E-state index in [0.29, 0.717) is 17.0 Å². The maximum atomic E-state index is 12.7. The number of amides is 3. The fourth-order valence-electron chi connectivity index (χ4n) is 5.12. The Kier molecular flexibility index (Phi) is 6.38. The minimum Gasteiger partial charge on any atom is -0.462 e. The van der Waals surface area contributed by atoms with Crippen molar-refractivity contribution in [1.82, 2.24) is 4.90 Å². The average Bonchev–Trinajstić information content (AvgIpc) is 3.51. The van der Waals surface area contributed by atoms with Crippen molar-refractivity contribution in [2.75, 3.05) is 25.1 Å². The molecular weight excluding hydrogens is 448 g/mol. The number of likely N-dealkylation sites (tertiary alicyclic amines) is 1. The van der Waals surface area contributed by atoms with Gasteiger partial charge in [-0.25, -0.2) is 4.79 Å². The molecule has 9 nitrogen and oxygen atoms in total. The summed E-state index contributed by atoms with van der Waals surface area (Å²) < 4.78 is 10.1. The zero-order chi connectivity index (χ0) is 23.9. The van der Waals surface area contributed by atoms with Gasteiger partial charge in [0.25, 0.3) is 5.91 Å². The van der Waals surface area contributed by atoms with Crippen molar-refractivity contribution >= 4 is 46.0 Å². The quantitative estimate of drug-likeness (QED) is 0.348. The molecular formula is C23H26N2O7S. The highest BCUT2D eigenvalue weighted by atomic mass is 32.1. The van der Waals surface area contributed by atoms with Crippen LogP contribution in [0, 0.1) is 30.6 Å². The van der Waals surface area contributed by atoms with Crippen molar-refractivity contribution in [2.45, 2.75) is 33.6 Å².